The standard InChI is InChI=1S/C44H50N8O4/c1-3-50(4-2)39(33-10-6-5-7-11-33)43(54)52-25-9-13-37(52)41-46-27-35(48-41)31-20-16-29(17-21-31)28-14-18-30(19-15-28)34-26-45-40(47-34)36-12-8-24-51(36)42(53)38(32-22-23-32)49-44(55)56/h5-7,10-11,14-21,26-27,32,36-39,49H,3-4,8-9,12-13,22-25H2,1-2H3,(H,45,47)(H,46,48)(H,55,56)/t36-,37-,38-,39+/m0/s1. The van der Waals surface area contributed by atoms with Crippen LogP contribution >= 0.6 is 0 Å². The summed E-state index contributed by atoms with van der Waals surface area (Å²) in [5.41, 5.74) is 6.98. The highest BCUT2D eigenvalue weighted by atomic mass is 16.4. The number of H-pyrrole nitrogens is 2. The van der Waals surface area contributed by atoms with Crippen LogP contribution in [0.15, 0.2) is 91.3 Å². The predicted molar refractivity (Wildman–Crippen MR) is 214 cm³/mol. The number of amides is 3. The largest absolute Gasteiger partial charge is 0.465 e. The lowest BCUT2D eigenvalue weighted by molar-refractivity contribution is -0.138. The number of nitrogens with one attached hydrogen (secondary N) is 3. The molecule has 8 rings (SSSR count). The summed E-state index contributed by atoms with van der Waals surface area (Å²) in [6.07, 6.45) is 7.68. The first-order valence-corrected chi connectivity index (χ1v) is 20.0. The van der Waals surface area contributed by atoms with E-state index in [9.17, 15) is 19.5 Å². The molecule has 0 radical (unpaired) electrons. The molecule has 4 heterocycles. The Hall–Kier alpha value is -5.75. The van der Waals surface area contributed by atoms with E-state index >= 15 is 0 Å². The van der Waals surface area contributed by atoms with Crippen LogP contribution in [-0.2, 0) is 9.59 Å². The SMILES string of the molecule is CCN(CC)[C@@H](C(=O)N1CCC[C@H]1c1ncc(-c2ccc(-c3ccc(-c4cnc([C@@H]5CCCN5C(=O)[C@@H](NC(=O)O)C5CC5)[nH]4)cc3)cc2)[nH]1)c1ccccc1. The molecule has 56 heavy (non-hydrogen) atoms. The molecule has 1 aliphatic carbocycles. The highest BCUT2D eigenvalue weighted by Crippen LogP contribution is 2.39. The number of benzene rings is 3. The van der Waals surface area contributed by atoms with Crippen molar-refractivity contribution in [1.29, 1.82) is 0 Å². The van der Waals surface area contributed by atoms with Gasteiger partial charge in [-0.3, -0.25) is 14.5 Å². The first kappa shape index (κ1) is 37.2. The smallest absolute Gasteiger partial charge is 0.405 e. The minimum absolute atomic E-state index is 0.0723. The molecule has 4 N–H and O–H groups in total. The molecule has 0 bridgehead atoms. The van der Waals surface area contributed by atoms with Gasteiger partial charge in [0.2, 0.25) is 11.8 Å². The molecule has 0 unspecified atom stereocenters. The lowest BCUT2D eigenvalue weighted by Gasteiger charge is -2.34. The van der Waals surface area contributed by atoms with Crippen molar-refractivity contribution >= 4 is 17.9 Å². The van der Waals surface area contributed by atoms with E-state index in [1.807, 2.05) is 29.3 Å². The Labute approximate surface area is 327 Å². The van der Waals surface area contributed by atoms with Crippen LogP contribution in [0.3, 0.4) is 0 Å². The summed E-state index contributed by atoms with van der Waals surface area (Å²) in [5.74, 6) is 1.59. The fourth-order valence-corrected chi connectivity index (χ4v) is 8.63. The van der Waals surface area contributed by atoms with Gasteiger partial charge in [-0.25, -0.2) is 14.8 Å². The molecule has 1 saturated carbocycles. The summed E-state index contributed by atoms with van der Waals surface area (Å²) >= 11 is 0. The van der Waals surface area contributed by atoms with Gasteiger partial charge in [0.15, 0.2) is 0 Å². The summed E-state index contributed by atoms with van der Waals surface area (Å²) in [7, 11) is 0. The average Bonchev–Trinajstić information content (AvgIpc) is 3.70. The van der Waals surface area contributed by atoms with Crippen molar-refractivity contribution in [2.75, 3.05) is 26.2 Å². The van der Waals surface area contributed by atoms with E-state index in [1.54, 1.807) is 11.1 Å². The third kappa shape index (κ3) is 7.58. The second kappa shape index (κ2) is 16.2. The van der Waals surface area contributed by atoms with E-state index in [0.29, 0.717) is 13.1 Å². The lowest BCUT2D eigenvalue weighted by atomic mass is 10.0. The van der Waals surface area contributed by atoms with Crippen molar-refractivity contribution in [3.8, 4) is 33.6 Å². The van der Waals surface area contributed by atoms with Gasteiger partial charge in [-0.05, 0) is 85.3 Å². The number of carboxylic acid groups (broad SMARTS) is 1. The number of carbonyl (C=O) groups is 3. The number of likely N-dealkylation sites (N-methyl/N-ethyl adjacent to an activating group) is 1. The second-order valence-electron chi connectivity index (χ2n) is 15.2. The molecule has 2 aliphatic heterocycles. The molecule has 3 amide bonds. The number of hydrogen-bond acceptors (Lipinski definition) is 6. The second-order valence-corrected chi connectivity index (χ2v) is 15.2. The maximum absolute atomic E-state index is 14.2. The van der Waals surface area contributed by atoms with Gasteiger partial charge in [0.1, 0.15) is 23.7 Å². The number of likely N-dealkylation sites (tertiary alicyclic amines) is 2. The molecule has 3 aromatic carbocycles. The number of carbonyl (C=O) groups excluding carboxylic acids is 2. The zero-order valence-electron chi connectivity index (χ0n) is 32.0. The lowest BCUT2D eigenvalue weighted by Crippen LogP contribution is -2.49. The van der Waals surface area contributed by atoms with Crippen LogP contribution in [0.1, 0.15) is 87.7 Å². The highest BCUT2D eigenvalue weighted by Gasteiger charge is 2.43. The van der Waals surface area contributed by atoms with Crippen LogP contribution in [0.4, 0.5) is 4.79 Å². The van der Waals surface area contributed by atoms with Gasteiger partial charge in [-0.2, -0.15) is 0 Å². The Kier molecular flexibility index (Phi) is 10.7. The van der Waals surface area contributed by atoms with E-state index in [4.69, 9.17) is 4.98 Å². The molecule has 12 nitrogen and oxygen atoms in total. The molecule has 2 saturated heterocycles. The van der Waals surface area contributed by atoms with E-state index in [1.165, 1.54) is 0 Å². The fourth-order valence-electron chi connectivity index (χ4n) is 8.63. The Bertz CT molecular complexity index is 2140. The molecule has 5 aromatic rings. The Morgan fingerprint density at radius 1 is 0.714 bits per heavy atom. The van der Waals surface area contributed by atoms with Crippen LogP contribution in [-0.4, -0.2) is 89.9 Å². The monoisotopic (exact) mass is 754 g/mol. The number of hydrogen-bond donors (Lipinski definition) is 4. The van der Waals surface area contributed by atoms with Gasteiger partial charge in [-0.1, -0.05) is 92.7 Å². The summed E-state index contributed by atoms with van der Waals surface area (Å²) < 4.78 is 0. The quantitative estimate of drug-likeness (QED) is 0.0968. The first-order valence-electron chi connectivity index (χ1n) is 20.0. The van der Waals surface area contributed by atoms with Crippen molar-refractivity contribution < 1.29 is 19.5 Å². The molecule has 3 aliphatic rings. The van der Waals surface area contributed by atoms with Crippen LogP contribution < -0.4 is 5.32 Å². The topological polar surface area (TPSA) is 151 Å². The van der Waals surface area contributed by atoms with Gasteiger partial charge < -0.3 is 30.2 Å². The van der Waals surface area contributed by atoms with Gasteiger partial charge in [0.25, 0.3) is 0 Å². The minimum atomic E-state index is -1.16. The van der Waals surface area contributed by atoms with Gasteiger partial charge in [0.05, 0.1) is 35.9 Å². The van der Waals surface area contributed by atoms with Crippen molar-refractivity contribution in [2.45, 2.75) is 76.5 Å². The van der Waals surface area contributed by atoms with Gasteiger partial charge in [0, 0.05) is 13.1 Å². The Balaban J connectivity index is 0.928. The van der Waals surface area contributed by atoms with E-state index < -0.39 is 12.1 Å². The van der Waals surface area contributed by atoms with Crippen molar-refractivity contribution in [2.24, 2.45) is 5.92 Å². The normalized spacial score (nSPS) is 19.3. The fraction of sp³-hybridized carbons (Fsp3) is 0.386. The van der Waals surface area contributed by atoms with E-state index in [-0.39, 0.29) is 35.9 Å². The zero-order valence-corrected chi connectivity index (χ0v) is 32.0. The molecular formula is C44H50N8O4. The third-order valence-electron chi connectivity index (χ3n) is 11.8. The summed E-state index contributed by atoms with van der Waals surface area (Å²) in [5, 5.41) is 11.8. The van der Waals surface area contributed by atoms with Gasteiger partial charge >= 0.3 is 6.09 Å². The molecule has 2 aromatic heterocycles. The molecule has 4 atom stereocenters. The molecule has 3 fully saturated rings. The van der Waals surface area contributed by atoms with Crippen molar-refractivity contribution in [3.05, 3.63) is 108 Å². The van der Waals surface area contributed by atoms with Crippen LogP contribution in [0.25, 0.3) is 33.6 Å². The summed E-state index contributed by atoms with van der Waals surface area (Å²) in [6.45, 7) is 7.10. The van der Waals surface area contributed by atoms with Crippen molar-refractivity contribution in [1.82, 2.24) is 40.0 Å². The van der Waals surface area contributed by atoms with E-state index in [2.05, 4.69) is 99.7 Å². The minimum Gasteiger partial charge on any atom is -0.465 e. The average molecular weight is 755 g/mol. The molecule has 290 valence electrons. The number of nitrogens with zero attached hydrogens (tertiary/aromatic N) is 5. The maximum atomic E-state index is 14.2. The highest BCUT2D eigenvalue weighted by molar-refractivity contribution is 5.86. The Morgan fingerprint density at radius 3 is 1.66 bits per heavy atom. The Morgan fingerprint density at radius 2 is 1.20 bits per heavy atom. The van der Waals surface area contributed by atoms with Crippen LogP contribution in [0, 0.1) is 5.92 Å². The third-order valence-corrected chi connectivity index (χ3v) is 11.8. The first-order chi connectivity index (χ1) is 27.3. The molecule has 0 spiro atoms. The number of rotatable bonds is 13. The van der Waals surface area contributed by atoms with E-state index in [0.717, 1.165) is 102 Å². The van der Waals surface area contributed by atoms with Crippen molar-refractivity contribution in [3.63, 3.8) is 0 Å². The number of aromatic nitrogens is 4. The van der Waals surface area contributed by atoms with Gasteiger partial charge in [-0.15, -0.1) is 0 Å². The maximum Gasteiger partial charge on any atom is 0.405 e. The zero-order chi connectivity index (χ0) is 38.8. The molecule has 12 heteroatoms. The number of imidazole rings is 2. The summed E-state index contributed by atoms with van der Waals surface area (Å²) in [4.78, 5) is 61.5. The number of aromatic amines is 2. The predicted octanol–water partition coefficient (Wildman–Crippen LogP) is 7.59. The molecular weight excluding hydrogens is 705 g/mol. The van der Waals surface area contributed by atoms with Crippen LogP contribution in [0.2, 0.25) is 0 Å². The summed E-state index contributed by atoms with van der Waals surface area (Å²) in [6, 6.07) is 25.5. The van der Waals surface area contributed by atoms with Crippen LogP contribution in [0.5, 0.6) is 0 Å².